The highest BCUT2D eigenvalue weighted by atomic mass is 16.5. The summed E-state index contributed by atoms with van der Waals surface area (Å²) in [6.45, 7) is 0.328. The summed E-state index contributed by atoms with van der Waals surface area (Å²) in [5.41, 5.74) is 0.221. The van der Waals surface area contributed by atoms with E-state index in [-0.39, 0.29) is 23.3 Å². The predicted molar refractivity (Wildman–Crippen MR) is 47.8 cm³/mol. The van der Waals surface area contributed by atoms with Crippen molar-refractivity contribution in [3.05, 3.63) is 29.3 Å². The second-order valence-electron chi connectivity index (χ2n) is 3.01. The highest BCUT2D eigenvalue weighted by Gasteiger charge is 2.24. The lowest BCUT2D eigenvalue weighted by Gasteiger charge is -2.17. The minimum Gasteiger partial charge on any atom is -0.492 e. The molecule has 0 unspecified atom stereocenters. The van der Waals surface area contributed by atoms with Gasteiger partial charge in [-0.2, -0.15) is 0 Å². The lowest BCUT2D eigenvalue weighted by Crippen LogP contribution is -2.18. The van der Waals surface area contributed by atoms with Crippen LogP contribution in [0.1, 0.15) is 27.1 Å². The number of rotatable bonds is 1. The van der Waals surface area contributed by atoms with Gasteiger partial charge in [-0.15, -0.1) is 0 Å². The van der Waals surface area contributed by atoms with Crippen LogP contribution in [0.2, 0.25) is 0 Å². The molecule has 4 nitrogen and oxygen atoms in total. The molecule has 1 aliphatic rings. The quantitative estimate of drug-likeness (QED) is 0.729. The zero-order valence-corrected chi connectivity index (χ0v) is 7.32. The molecule has 1 heterocycles. The number of fused-ring (bicyclic) bond motifs is 1. The molecule has 72 valence electrons. The summed E-state index contributed by atoms with van der Waals surface area (Å²) in [4.78, 5) is 22.3. The molecule has 1 N–H and O–H groups in total. The SMILES string of the molecule is O=C(O)c1cccc2c1C(=O)CCO2. The number of carbonyl (C=O) groups excluding carboxylic acids is 1. The fraction of sp³-hybridized carbons (Fsp3) is 0.200. The zero-order chi connectivity index (χ0) is 10.1. The number of ketones is 1. The highest BCUT2D eigenvalue weighted by molar-refractivity contribution is 6.08. The Morgan fingerprint density at radius 1 is 1.43 bits per heavy atom. The Balaban J connectivity index is 2.63. The minimum absolute atomic E-state index is 0.0206. The Morgan fingerprint density at radius 2 is 2.21 bits per heavy atom. The van der Waals surface area contributed by atoms with Crippen LogP contribution < -0.4 is 4.74 Å². The largest absolute Gasteiger partial charge is 0.492 e. The maximum absolute atomic E-state index is 11.5. The van der Waals surface area contributed by atoms with Crippen LogP contribution in [0, 0.1) is 0 Å². The predicted octanol–water partition coefficient (Wildman–Crippen LogP) is 1.35. The first-order valence-electron chi connectivity index (χ1n) is 4.22. The van der Waals surface area contributed by atoms with Gasteiger partial charge in [0.15, 0.2) is 5.78 Å². The molecule has 0 radical (unpaired) electrons. The van der Waals surface area contributed by atoms with E-state index in [1.54, 1.807) is 12.1 Å². The van der Waals surface area contributed by atoms with Gasteiger partial charge in [0.25, 0.3) is 0 Å². The van der Waals surface area contributed by atoms with Crippen molar-refractivity contribution in [2.24, 2.45) is 0 Å². The number of aromatic carboxylic acids is 1. The van der Waals surface area contributed by atoms with Crippen LogP contribution in [-0.4, -0.2) is 23.5 Å². The van der Waals surface area contributed by atoms with Gasteiger partial charge >= 0.3 is 5.97 Å². The Bertz CT molecular complexity index is 409. The first-order valence-corrected chi connectivity index (χ1v) is 4.22. The topological polar surface area (TPSA) is 63.6 Å². The number of carbonyl (C=O) groups is 2. The van der Waals surface area contributed by atoms with Crippen LogP contribution >= 0.6 is 0 Å². The molecule has 0 amide bonds. The van der Waals surface area contributed by atoms with E-state index < -0.39 is 5.97 Å². The van der Waals surface area contributed by atoms with Crippen LogP contribution in [-0.2, 0) is 0 Å². The van der Waals surface area contributed by atoms with Crippen molar-refractivity contribution in [3.63, 3.8) is 0 Å². The molecule has 2 rings (SSSR count). The van der Waals surface area contributed by atoms with Crippen LogP contribution in [0.25, 0.3) is 0 Å². The Hall–Kier alpha value is -1.84. The lowest BCUT2D eigenvalue weighted by molar-refractivity contribution is 0.0688. The van der Waals surface area contributed by atoms with E-state index >= 15 is 0 Å². The maximum Gasteiger partial charge on any atom is 0.336 e. The van der Waals surface area contributed by atoms with E-state index in [0.29, 0.717) is 12.4 Å². The molecule has 0 saturated heterocycles. The van der Waals surface area contributed by atoms with E-state index in [4.69, 9.17) is 9.84 Å². The third-order valence-electron chi connectivity index (χ3n) is 2.12. The van der Waals surface area contributed by atoms with Gasteiger partial charge in [-0.1, -0.05) is 6.07 Å². The van der Waals surface area contributed by atoms with Crippen molar-refractivity contribution in [2.45, 2.75) is 6.42 Å². The average Bonchev–Trinajstić information content (AvgIpc) is 2.17. The maximum atomic E-state index is 11.5. The molecule has 4 heteroatoms. The lowest BCUT2D eigenvalue weighted by atomic mass is 9.99. The van der Waals surface area contributed by atoms with Gasteiger partial charge in [0.05, 0.1) is 17.7 Å². The van der Waals surface area contributed by atoms with Crippen molar-refractivity contribution in [2.75, 3.05) is 6.61 Å². The first kappa shape index (κ1) is 8.74. The zero-order valence-electron chi connectivity index (χ0n) is 7.32. The molecule has 1 aromatic carbocycles. The van der Waals surface area contributed by atoms with E-state index in [1.807, 2.05) is 0 Å². The van der Waals surface area contributed by atoms with Gasteiger partial charge in [-0.25, -0.2) is 4.79 Å². The van der Waals surface area contributed by atoms with Crippen LogP contribution in [0.5, 0.6) is 5.75 Å². The third-order valence-corrected chi connectivity index (χ3v) is 2.12. The highest BCUT2D eigenvalue weighted by Crippen LogP contribution is 2.27. The van der Waals surface area contributed by atoms with Gasteiger partial charge in [0.1, 0.15) is 5.75 Å². The molecule has 0 fully saturated rings. The third kappa shape index (κ3) is 1.25. The van der Waals surface area contributed by atoms with Crippen molar-refractivity contribution in [3.8, 4) is 5.75 Å². The summed E-state index contributed by atoms with van der Waals surface area (Å²) in [5, 5.41) is 8.85. The Morgan fingerprint density at radius 3 is 2.93 bits per heavy atom. The van der Waals surface area contributed by atoms with Crippen LogP contribution in [0.4, 0.5) is 0 Å². The van der Waals surface area contributed by atoms with E-state index in [1.165, 1.54) is 6.07 Å². The Kier molecular flexibility index (Phi) is 1.96. The van der Waals surface area contributed by atoms with Gasteiger partial charge in [0.2, 0.25) is 0 Å². The van der Waals surface area contributed by atoms with Crippen LogP contribution in [0.15, 0.2) is 18.2 Å². The van der Waals surface area contributed by atoms with E-state index in [9.17, 15) is 9.59 Å². The number of hydrogen-bond acceptors (Lipinski definition) is 3. The van der Waals surface area contributed by atoms with E-state index in [0.717, 1.165) is 0 Å². The average molecular weight is 192 g/mol. The molecular formula is C10H8O4. The number of carboxylic acids is 1. The summed E-state index contributed by atoms with van der Waals surface area (Å²) in [5.74, 6) is -0.883. The minimum atomic E-state index is -1.10. The summed E-state index contributed by atoms with van der Waals surface area (Å²) < 4.78 is 5.20. The molecule has 0 atom stereocenters. The fourth-order valence-corrected chi connectivity index (χ4v) is 1.50. The van der Waals surface area contributed by atoms with Crippen molar-refractivity contribution >= 4 is 11.8 Å². The smallest absolute Gasteiger partial charge is 0.336 e. The summed E-state index contributed by atoms with van der Waals surface area (Å²) in [7, 11) is 0. The molecule has 0 aliphatic carbocycles. The molecule has 1 aliphatic heterocycles. The van der Waals surface area contributed by atoms with Gasteiger partial charge in [0, 0.05) is 6.42 Å². The number of ether oxygens (including phenoxy) is 1. The number of Topliss-reactive ketones (excluding diaryl/α,β-unsaturated/α-hetero) is 1. The second-order valence-corrected chi connectivity index (χ2v) is 3.01. The molecule has 0 spiro atoms. The van der Waals surface area contributed by atoms with Crippen molar-refractivity contribution in [1.29, 1.82) is 0 Å². The first-order chi connectivity index (χ1) is 6.70. The number of benzene rings is 1. The van der Waals surface area contributed by atoms with Crippen LogP contribution in [0.3, 0.4) is 0 Å². The summed E-state index contributed by atoms with van der Waals surface area (Å²) >= 11 is 0. The van der Waals surface area contributed by atoms with Gasteiger partial charge in [-0.3, -0.25) is 4.79 Å². The fourth-order valence-electron chi connectivity index (χ4n) is 1.50. The molecule has 0 bridgehead atoms. The number of carboxylic acid groups (broad SMARTS) is 1. The number of hydrogen-bond donors (Lipinski definition) is 1. The summed E-state index contributed by atoms with van der Waals surface area (Å²) in [6.07, 6.45) is 0.247. The standard InChI is InChI=1S/C10H8O4/c11-7-4-5-14-8-3-1-2-6(9(7)8)10(12)13/h1-3H,4-5H2,(H,12,13). The van der Waals surface area contributed by atoms with Crippen molar-refractivity contribution in [1.82, 2.24) is 0 Å². The normalized spacial score (nSPS) is 14.4. The van der Waals surface area contributed by atoms with Gasteiger partial charge in [-0.05, 0) is 12.1 Å². The molecule has 0 saturated carbocycles. The molecule has 0 aromatic heterocycles. The molecule has 14 heavy (non-hydrogen) atoms. The molecular weight excluding hydrogens is 184 g/mol. The Labute approximate surface area is 80.1 Å². The second kappa shape index (κ2) is 3.14. The van der Waals surface area contributed by atoms with Crippen molar-refractivity contribution < 1.29 is 19.4 Å². The van der Waals surface area contributed by atoms with E-state index in [2.05, 4.69) is 0 Å². The monoisotopic (exact) mass is 192 g/mol. The molecule has 1 aromatic rings. The summed E-state index contributed by atoms with van der Waals surface area (Å²) in [6, 6.07) is 4.59. The van der Waals surface area contributed by atoms with Gasteiger partial charge < -0.3 is 9.84 Å².